The monoisotopic (exact) mass is 256 g/mol. The Morgan fingerprint density at radius 3 is 2.67 bits per heavy atom. The molecule has 5 heteroatoms. The molecular weight excluding hydrogens is 232 g/mol. The number of ether oxygens (including phenoxy) is 2. The van der Waals surface area contributed by atoms with E-state index >= 15 is 0 Å². The van der Waals surface area contributed by atoms with Gasteiger partial charge >= 0.3 is 6.09 Å². The third-order valence-electron chi connectivity index (χ3n) is 2.52. The van der Waals surface area contributed by atoms with Crippen LogP contribution in [0.5, 0.6) is 0 Å². The molecule has 2 unspecified atom stereocenters. The molecule has 5 nitrogen and oxygen atoms in total. The highest BCUT2D eigenvalue weighted by Crippen LogP contribution is 2.21. The molecule has 1 aliphatic rings. The second kappa shape index (κ2) is 5.71. The molecule has 0 radical (unpaired) electrons. The molecular formula is C13H24N2O3. The van der Waals surface area contributed by atoms with Gasteiger partial charge < -0.3 is 20.5 Å². The lowest BCUT2D eigenvalue weighted by Crippen LogP contribution is -2.49. The van der Waals surface area contributed by atoms with E-state index in [0.717, 1.165) is 6.42 Å². The highest BCUT2D eigenvalue weighted by Gasteiger charge is 2.35. The highest BCUT2D eigenvalue weighted by molar-refractivity contribution is 5.69. The first kappa shape index (κ1) is 15.0. The number of hydrogen-bond donors (Lipinski definition) is 2. The van der Waals surface area contributed by atoms with Crippen LogP contribution in [0, 0.1) is 0 Å². The first-order valence-electron chi connectivity index (χ1n) is 6.26. The van der Waals surface area contributed by atoms with Crippen molar-refractivity contribution >= 4 is 6.09 Å². The largest absolute Gasteiger partial charge is 0.444 e. The average Bonchev–Trinajstić information content (AvgIpc) is 2.61. The summed E-state index contributed by atoms with van der Waals surface area (Å²) in [4.78, 5) is 11.8. The molecule has 1 saturated heterocycles. The Bertz CT molecular complexity index is 313. The molecule has 0 aromatic rings. The minimum atomic E-state index is -0.504. The van der Waals surface area contributed by atoms with Gasteiger partial charge in [-0.2, -0.15) is 0 Å². The van der Waals surface area contributed by atoms with Crippen LogP contribution in [0.2, 0.25) is 0 Å². The van der Waals surface area contributed by atoms with Gasteiger partial charge in [0, 0.05) is 12.6 Å². The minimum absolute atomic E-state index is 0.0529. The molecule has 1 amide bonds. The summed E-state index contributed by atoms with van der Waals surface area (Å²) in [7, 11) is 0. The van der Waals surface area contributed by atoms with Crippen LogP contribution >= 0.6 is 0 Å². The fourth-order valence-electron chi connectivity index (χ4n) is 1.70. The molecule has 0 saturated carbocycles. The third-order valence-corrected chi connectivity index (χ3v) is 2.52. The summed E-state index contributed by atoms with van der Waals surface area (Å²) in [6.45, 7) is 8.47. The number of carbonyl (C=O) groups is 1. The molecule has 0 aromatic carbocycles. The van der Waals surface area contributed by atoms with Crippen LogP contribution in [0.25, 0.3) is 0 Å². The van der Waals surface area contributed by atoms with Gasteiger partial charge in [0.25, 0.3) is 0 Å². The minimum Gasteiger partial charge on any atom is -0.444 e. The number of amides is 1. The molecule has 1 fully saturated rings. The molecule has 104 valence electrons. The predicted molar refractivity (Wildman–Crippen MR) is 70.3 cm³/mol. The van der Waals surface area contributed by atoms with Crippen LogP contribution < -0.4 is 11.1 Å². The van der Waals surface area contributed by atoms with Gasteiger partial charge in [0.1, 0.15) is 5.60 Å². The van der Waals surface area contributed by atoms with Gasteiger partial charge in [-0.3, -0.25) is 0 Å². The molecule has 18 heavy (non-hydrogen) atoms. The summed E-state index contributed by atoms with van der Waals surface area (Å²) < 4.78 is 10.6. The Morgan fingerprint density at radius 2 is 2.22 bits per heavy atom. The smallest absolute Gasteiger partial charge is 0.408 e. The van der Waals surface area contributed by atoms with Gasteiger partial charge in [-0.15, -0.1) is 0 Å². The normalized spacial score (nSPS) is 26.3. The summed E-state index contributed by atoms with van der Waals surface area (Å²) in [6, 6.07) is -0.0529. The standard InChI is InChI=1S/C13H24N2O3/c1-10(14)5-6-13(7-8-17-9-13)15-11(16)18-12(2,3)4/h5-6,10H,7-9,14H2,1-4H3,(H,15,16)/b6-5-. The van der Waals surface area contributed by atoms with E-state index in [1.807, 2.05) is 39.8 Å². The quantitative estimate of drug-likeness (QED) is 0.752. The van der Waals surface area contributed by atoms with Crippen LogP contribution in [0.4, 0.5) is 4.79 Å². The fourth-order valence-corrected chi connectivity index (χ4v) is 1.70. The van der Waals surface area contributed by atoms with E-state index in [1.165, 1.54) is 0 Å². The van der Waals surface area contributed by atoms with Gasteiger partial charge in [-0.05, 0) is 34.1 Å². The lowest BCUT2D eigenvalue weighted by Gasteiger charge is -2.28. The van der Waals surface area contributed by atoms with E-state index in [1.54, 1.807) is 0 Å². The SMILES string of the molecule is CC(N)/C=C\C1(NC(=O)OC(C)(C)C)CCOC1. The van der Waals surface area contributed by atoms with Crippen LogP contribution in [-0.4, -0.2) is 36.5 Å². The van der Waals surface area contributed by atoms with Crippen molar-refractivity contribution in [2.45, 2.75) is 51.3 Å². The summed E-state index contributed by atoms with van der Waals surface area (Å²) in [5, 5.41) is 2.88. The maximum Gasteiger partial charge on any atom is 0.408 e. The molecule has 0 aromatic heterocycles. The van der Waals surface area contributed by atoms with Crippen LogP contribution in [-0.2, 0) is 9.47 Å². The first-order chi connectivity index (χ1) is 8.22. The lowest BCUT2D eigenvalue weighted by molar-refractivity contribution is 0.0468. The zero-order valence-corrected chi connectivity index (χ0v) is 11.7. The topological polar surface area (TPSA) is 73.6 Å². The number of hydrogen-bond acceptors (Lipinski definition) is 4. The maximum absolute atomic E-state index is 11.8. The molecule has 0 spiro atoms. The van der Waals surface area contributed by atoms with Crippen LogP contribution in [0.1, 0.15) is 34.1 Å². The van der Waals surface area contributed by atoms with Gasteiger partial charge in [-0.25, -0.2) is 4.79 Å². The van der Waals surface area contributed by atoms with Crippen LogP contribution in [0.15, 0.2) is 12.2 Å². The Balaban J connectivity index is 2.66. The summed E-state index contributed by atoms with van der Waals surface area (Å²) in [5.41, 5.74) is 4.70. The molecule has 0 bridgehead atoms. The molecule has 1 rings (SSSR count). The summed E-state index contributed by atoms with van der Waals surface area (Å²) in [5.74, 6) is 0. The third kappa shape index (κ3) is 5.06. The average molecular weight is 256 g/mol. The fraction of sp³-hybridized carbons (Fsp3) is 0.769. The highest BCUT2D eigenvalue weighted by atomic mass is 16.6. The molecule has 0 aliphatic carbocycles. The number of rotatable bonds is 3. The Morgan fingerprint density at radius 1 is 1.56 bits per heavy atom. The predicted octanol–water partition coefficient (Wildman–Crippen LogP) is 1.57. The Labute approximate surface area is 109 Å². The molecule has 2 atom stereocenters. The van der Waals surface area contributed by atoms with Gasteiger partial charge in [0.15, 0.2) is 0 Å². The van der Waals surface area contributed by atoms with E-state index in [4.69, 9.17) is 15.2 Å². The zero-order valence-electron chi connectivity index (χ0n) is 11.7. The van der Waals surface area contributed by atoms with Crippen molar-refractivity contribution in [3.8, 4) is 0 Å². The number of carbonyl (C=O) groups excluding carboxylic acids is 1. The van der Waals surface area contributed by atoms with Crippen molar-refractivity contribution in [1.29, 1.82) is 0 Å². The van der Waals surface area contributed by atoms with Crippen molar-refractivity contribution in [1.82, 2.24) is 5.32 Å². The van der Waals surface area contributed by atoms with Crippen molar-refractivity contribution < 1.29 is 14.3 Å². The number of nitrogens with one attached hydrogen (secondary N) is 1. The Hall–Kier alpha value is -1.07. The van der Waals surface area contributed by atoms with Crippen molar-refractivity contribution in [2.75, 3.05) is 13.2 Å². The van der Waals surface area contributed by atoms with Gasteiger partial charge in [-0.1, -0.05) is 12.2 Å². The van der Waals surface area contributed by atoms with Crippen molar-refractivity contribution in [3.63, 3.8) is 0 Å². The second-order valence-electron chi connectivity index (χ2n) is 5.80. The first-order valence-corrected chi connectivity index (χ1v) is 6.26. The van der Waals surface area contributed by atoms with E-state index < -0.39 is 17.2 Å². The summed E-state index contributed by atoms with van der Waals surface area (Å²) in [6.07, 6.45) is 4.08. The van der Waals surface area contributed by atoms with Gasteiger partial charge in [0.2, 0.25) is 0 Å². The zero-order chi connectivity index (χ0) is 13.8. The van der Waals surface area contributed by atoms with Crippen molar-refractivity contribution in [3.05, 3.63) is 12.2 Å². The van der Waals surface area contributed by atoms with E-state index in [9.17, 15) is 4.79 Å². The van der Waals surface area contributed by atoms with Crippen LogP contribution in [0.3, 0.4) is 0 Å². The van der Waals surface area contributed by atoms with Gasteiger partial charge in [0.05, 0.1) is 12.1 Å². The van der Waals surface area contributed by atoms with Crippen molar-refractivity contribution in [2.24, 2.45) is 5.73 Å². The Kier molecular flexibility index (Phi) is 4.76. The molecule has 1 heterocycles. The molecule has 1 aliphatic heterocycles. The van der Waals surface area contributed by atoms with E-state index in [-0.39, 0.29) is 6.04 Å². The maximum atomic E-state index is 11.8. The van der Waals surface area contributed by atoms with E-state index in [2.05, 4.69) is 5.32 Å². The second-order valence-corrected chi connectivity index (χ2v) is 5.80. The number of nitrogens with two attached hydrogens (primary N) is 1. The molecule has 3 N–H and O–H groups in total. The lowest BCUT2D eigenvalue weighted by atomic mass is 9.97. The summed E-state index contributed by atoms with van der Waals surface area (Å²) >= 11 is 0. The van der Waals surface area contributed by atoms with E-state index in [0.29, 0.717) is 13.2 Å². The number of alkyl carbamates (subject to hydrolysis) is 1.